The Bertz CT molecular complexity index is 1380. The molecule has 0 aliphatic carbocycles. The summed E-state index contributed by atoms with van der Waals surface area (Å²) in [5.74, 6) is -0.244. The fourth-order valence-electron chi connectivity index (χ4n) is 3.40. The number of hydrogen-bond donors (Lipinski definition) is 1. The maximum atomic E-state index is 12.9. The lowest BCUT2D eigenvalue weighted by Crippen LogP contribution is -2.27. The summed E-state index contributed by atoms with van der Waals surface area (Å²) in [6.45, 7) is 1.73. The van der Waals surface area contributed by atoms with E-state index in [0.717, 1.165) is 27.9 Å². The molecule has 0 atom stereocenters. The molecule has 0 aromatic heterocycles. The van der Waals surface area contributed by atoms with Crippen molar-refractivity contribution >= 4 is 79.7 Å². The minimum absolute atomic E-state index is 0.0123. The molecule has 1 aliphatic heterocycles. The summed E-state index contributed by atoms with van der Waals surface area (Å²) >= 11 is 16.7. The Balaban J connectivity index is 1.41. The summed E-state index contributed by atoms with van der Waals surface area (Å²) in [5.41, 5.74) is 2.88. The molecule has 3 aromatic carbocycles. The Labute approximate surface area is 230 Å². The van der Waals surface area contributed by atoms with Crippen LogP contribution in [-0.2, 0) is 16.1 Å². The molecule has 4 rings (SSSR count). The van der Waals surface area contributed by atoms with Gasteiger partial charge in [-0.3, -0.25) is 19.3 Å². The van der Waals surface area contributed by atoms with Crippen LogP contribution in [0.5, 0.6) is 5.75 Å². The van der Waals surface area contributed by atoms with E-state index in [1.54, 1.807) is 42.5 Å². The Morgan fingerprint density at radius 1 is 1.08 bits per heavy atom. The number of amides is 3. The van der Waals surface area contributed by atoms with E-state index in [4.69, 9.17) is 27.9 Å². The first kappa shape index (κ1) is 26.3. The third-order valence-corrected chi connectivity index (χ3v) is 7.52. The first-order valence-corrected chi connectivity index (χ1v) is 13.1. The molecule has 184 valence electrons. The molecule has 1 heterocycles. The van der Waals surface area contributed by atoms with E-state index in [0.29, 0.717) is 31.4 Å². The monoisotopic (exact) mass is 604 g/mol. The van der Waals surface area contributed by atoms with E-state index in [-0.39, 0.29) is 24.0 Å². The first-order chi connectivity index (χ1) is 17.2. The van der Waals surface area contributed by atoms with Crippen LogP contribution in [0, 0.1) is 6.92 Å². The molecule has 0 unspecified atom stereocenters. The molecule has 6 nitrogen and oxygen atoms in total. The van der Waals surface area contributed by atoms with Crippen LogP contribution in [0.2, 0.25) is 10.0 Å². The summed E-state index contributed by atoms with van der Waals surface area (Å²) in [5, 5.41) is 3.19. The molecule has 1 N–H and O–H groups in total. The normalized spacial score (nSPS) is 14.4. The van der Waals surface area contributed by atoms with Gasteiger partial charge >= 0.3 is 0 Å². The number of para-hydroxylation sites is 1. The molecular weight excluding hydrogens is 587 g/mol. The molecule has 36 heavy (non-hydrogen) atoms. The van der Waals surface area contributed by atoms with Crippen molar-refractivity contribution in [1.29, 1.82) is 0 Å². The summed E-state index contributed by atoms with van der Waals surface area (Å²) in [6.07, 6.45) is 1.62. The molecule has 0 saturated carbocycles. The number of halogens is 3. The summed E-state index contributed by atoms with van der Waals surface area (Å²) in [4.78, 5) is 39.1. The molecule has 0 radical (unpaired) electrons. The number of nitrogens with zero attached hydrogens (tertiary/aromatic N) is 1. The number of anilines is 1. The number of benzene rings is 3. The van der Waals surface area contributed by atoms with Gasteiger partial charge in [0.15, 0.2) is 6.61 Å². The van der Waals surface area contributed by atoms with Gasteiger partial charge < -0.3 is 10.1 Å². The first-order valence-electron chi connectivity index (χ1n) is 10.7. The lowest BCUT2D eigenvalue weighted by atomic mass is 10.2. The van der Waals surface area contributed by atoms with Crippen molar-refractivity contribution in [2.45, 2.75) is 13.5 Å². The molecular formula is C26H19BrCl2N2O4S. The molecule has 1 aliphatic rings. The van der Waals surface area contributed by atoms with Gasteiger partial charge in [-0.2, -0.15) is 0 Å². The van der Waals surface area contributed by atoms with Crippen LogP contribution in [0.15, 0.2) is 70.0 Å². The summed E-state index contributed by atoms with van der Waals surface area (Å²) in [7, 11) is 0. The number of aryl methyl sites for hydroxylation is 1. The number of hydrogen-bond acceptors (Lipinski definition) is 5. The number of carbonyl (C=O) groups is 3. The highest BCUT2D eigenvalue weighted by Gasteiger charge is 2.35. The van der Waals surface area contributed by atoms with Crippen molar-refractivity contribution in [1.82, 2.24) is 4.90 Å². The maximum absolute atomic E-state index is 12.9. The predicted octanol–water partition coefficient (Wildman–Crippen LogP) is 7.32. The minimum atomic E-state index is -0.426. The van der Waals surface area contributed by atoms with Crippen molar-refractivity contribution in [2.24, 2.45) is 0 Å². The number of nitrogens with one attached hydrogen (secondary N) is 1. The van der Waals surface area contributed by atoms with Crippen LogP contribution in [0.3, 0.4) is 0 Å². The van der Waals surface area contributed by atoms with Crippen LogP contribution < -0.4 is 10.1 Å². The zero-order valence-electron chi connectivity index (χ0n) is 18.9. The van der Waals surface area contributed by atoms with Gasteiger partial charge in [-0.15, -0.1) is 0 Å². The van der Waals surface area contributed by atoms with E-state index in [2.05, 4.69) is 21.2 Å². The average molecular weight is 606 g/mol. The maximum Gasteiger partial charge on any atom is 0.293 e. The van der Waals surface area contributed by atoms with Crippen LogP contribution in [0.25, 0.3) is 6.08 Å². The second-order valence-electron chi connectivity index (χ2n) is 7.81. The predicted molar refractivity (Wildman–Crippen MR) is 147 cm³/mol. The van der Waals surface area contributed by atoms with Gasteiger partial charge in [-0.1, -0.05) is 53.5 Å². The molecule has 10 heteroatoms. The quantitative estimate of drug-likeness (QED) is 0.286. The fraction of sp³-hybridized carbons (Fsp3) is 0.115. The van der Waals surface area contributed by atoms with Gasteiger partial charge in [0.25, 0.3) is 17.1 Å². The van der Waals surface area contributed by atoms with E-state index >= 15 is 0 Å². The van der Waals surface area contributed by atoms with Crippen LogP contribution in [0.4, 0.5) is 10.5 Å². The number of thioether (sulfide) groups is 1. The number of ether oxygens (including phenoxy) is 1. The van der Waals surface area contributed by atoms with Gasteiger partial charge in [0, 0.05) is 21.3 Å². The molecule has 1 fully saturated rings. The van der Waals surface area contributed by atoms with Crippen LogP contribution >= 0.6 is 50.9 Å². The zero-order chi connectivity index (χ0) is 25.8. The summed E-state index contributed by atoms with van der Waals surface area (Å²) < 4.78 is 6.24. The number of rotatable bonds is 7. The third kappa shape index (κ3) is 6.13. The molecule has 1 saturated heterocycles. The number of imide groups is 1. The van der Waals surface area contributed by atoms with Gasteiger partial charge in [-0.05, 0) is 82.2 Å². The second kappa shape index (κ2) is 11.5. The van der Waals surface area contributed by atoms with E-state index in [9.17, 15) is 14.4 Å². The van der Waals surface area contributed by atoms with E-state index in [1.807, 2.05) is 31.2 Å². The van der Waals surface area contributed by atoms with E-state index in [1.165, 1.54) is 0 Å². The Kier molecular flexibility index (Phi) is 8.41. The van der Waals surface area contributed by atoms with Gasteiger partial charge in [0.1, 0.15) is 5.75 Å². The SMILES string of the molecule is Cc1ccccc1NC(=O)COc1ccc(/C=C2\SC(=O)N(Cc3c(Cl)cccc3Cl)C2=O)cc1Br. The average Bonchev–Trinajstić information content (AvgIpc) is 3.09. The Morgan fingerprint density at radius 2 is 1.81 bits per heavy atom. The summed E-state index contributed by atoms with van der Waals surface area (Å²) in [6, 6.07) is 17.7. The lowest BCUT2D eigenvalue weighted by Gasteiger charge is -2.14. The lowest BCUT2D eigenvalue weighted by molar-refractivity contribution is -0.123. The van der Waals surface area contributed by atoms with Crippen molar-refractivity contribution in [3.63, 3.8) is 0 Å². The fourth-order valence-corrected chi connectivity index (χ4v) is 5.26. The van der Waals surface area contributed by atoms with Crippen molar-refractivity contribution in [3.8, 4) is 5.75 Å². The molecule has 3 aromatic rings. The zero-order valence-corrected chi connectivity index (χ0v) is 22.8. The van der Waals surface area contributed by atoms with Crippen LogP contribution in [-0.4, -0.2) is 28.6 Å². The second-order valence-corrected chi connectivity index (χ2v) is 10.5. The topological polar surface area (TPSA) is 75.7 Å². The van der Waals surface area contributed by atoms with Gasteiger partial charge in [0.2, 0.25) is 0 Å². The molecule has 0 spiro atoms. The Hall–Kier alpha value is -2.78. The standard InChI is InChI=1S/C26H19BrCl2N2O4S/c1-15-5-2-3-8-21(15)30-24(32)14-35-22-10-9-16(11-18(22)27)12-23-25(33)31(26(34)36-23)13-17-19(28)6-4-7-20(17)29/h2-12H,13-14H2,1H3,(H,30,32)/b23-12-. The third-order valence-electron chi connectivity index (χ3n) is 5.28. The molecule has 3 amide bonds. The molecule has 0 bridgehead atoms. The Morgan fingerprint density at radius 3 is 2.50 bits per heavy atom. The van der Waals surface area contributed by atoms with Gasteiger partial charge in [0.05, 0.1) is 15.9 Å². The highest BCUT2D eigenvalue weighted by molar-refractivity contribution is 9.10. The van der Waals surface area contributed by atoms with Crippen molar-refractivity contribution in [2.75, 3.05) is 11.9 Å². The largest absolute Gasteiger partial charge is 0.483 e. The minimum Gasteiger partial charge on any atom is -0.483 e. The van der Waals surface area contributed by atoms with Crippen LogP contribution in [0.1, 0.15) is 16.7 Å². The van der Waals surface area contributed by atoms with Crippen molar-refractivity contribution < 1.29 is 19.1 Å². The van der Waals surface area contributed by atoms with Gasteiger partial charge in [-0.25, -0.2) is 0 Å². The van der Waals surface area contributed by atoms with Crippen molar-refractivity contribution in [3.05, 3.63) is 96.8 Å². The van der Waals surface area contributed by atoms with E-state index < -0.39 is 11.1 Å². The number of carbonyl (C=O) groups excluding carboxylic acids is 3. The highest BCUT2D eigenvalue weighted by Crippen LogP contribution is 2.36. The smallest absolute Gasteiger partial charge is 0.293 e. The highest BCUT2D eigenvalue weighted by atomic mass is 79.9.